The second-order valence-electron chi connectivity index (χ2n) is 5.70. The number of hydrogen-bond acceptors (Lipinski definition) is 5. The number of thiazole rings is 1. The van der Waals surface area contributed by atoms with Gasteiger partial charge in [0, 0.05) is 11.6 Å². The molecule has 0 saturated carbocycles. The van der Waals surface area contributed by atoms with E-state index in [9.17, 15) is 4.79 Å². The topological polar surface area (TPSA) is 52.8 Å². The van der Waals surface area contributed by atoms with Crippen molar-refractivity contribution < 1.29 is 9.47 Å². The molecule has 0 aliphatic heterocycles. The average molecular weight is 366 g/mol. The number of aromatic nitrogens is 2. The zero-order valence-electron chi connectivity index (χ0n) is 14.6. The van der Waals surface area contributed by atoms with E-state index >= 15 is 0 Å². The van der Waals surface area contributed by atoms with Crippen LogP contribution in [0.1, 0.15) is 19.4 Å². The highest BCUT2D eigenvalue weighted by Crippen LogP contribution is 2.26. The molecule has 0 amide bonds. The molecule has 0 aliphatic carbocycles. The third-order valence-corrected chi connectivity index (χ3v) is 5.00. The fourth-order valence-electron chi connectivity index (χ4n) is 2.92. The SMILES string of the molecule is CCOc1ccc(/C=c2\sc3nc4ccccc4n3c2=O)c(OCC)c1. The first-order chi connectivity index (χ1) is 12.7. The molecule has 132 valence electrons. The Morgan fingerprint density at radius 2 is 1.92 bits per heavy atom. The van der Waals surface area contributed by atoms with Gasteiger partial charge in [-0.1, -0.05) is 23.5 Å². The number of hydrogen-bond donors (Lipinski definition) is 0. The van der Waals surface area contributed by atoms with Gasteiger partial charge >= 0.3 is 0 Å². The summed E-state index contributed by atoms with van der Waals surface area (Å²) in [6.07, 6.45) is 1.86. The summed E-state index contributed by atoms with van der Waals surface area (Å²) in [7, 11) is 0. The first-order valence-electron chi connectivity index (χ1n) is 8.52. The Labute approximate surface area is 154 Å². The molecule has 0 aliphatic rings. The lowest BCUT2D eigenvalue weighted by atomic mass is 10.2. The molecule has 26 heavy (non-hydrogen) atoms. The summed E-state index contributed by atoms with van der Waals surface area (Å²) in [6.45, 7) is 5.00. The van der Waals surface area contributed by atoms with Crippen molar-refractivity contribution in [3.63, 3.8) is 0 Å². The van der Waals surface area contributed by atoms with E-state index in [1.807, 2.05) is 62.4 Å². The third-order valence-electron chi connectivity index (χ3n) is 4.03. The molecule has 2 heterocycles. The number of ether oxygens (including phenoxy) is 2. The quantitative estimate of drug-likeness (QED) is 0.544. The van der Waals surface area contributed by atoms with Gasteiger partial charge in [-0.2, -0.15) is 0 Å². The summed E-state index contributed by atoms with van der Waals surface area (Å²) in [5, 5.41) is 0. The largest absolute Gasteiger partial charge is 0.494 e. The normalized spacial score (nSPS) is 12.2. The van der Waals surface area contributed by atoms with Gasteiger partial charge in [0.15, 0.2) is 4.96 Å². The van der Waals surface area contributed by atoms with Crippen molar-refractivity contribution in [3.05, 3.63) is 62.9 Å². The summed E-state index contributed by atoms with van der Waals surface area (Å²) < 4.78 is 13.6. The fraction of sp³-hybridized carbons (Fsp3) is 0.200. The Kier molecular flexibility index (Phi) is 4.34. The Morgan fingerprint density at radius 1 is 1.12 bits per heavy atom. The Hall–Kier alpha value is -2.86. The molecule has 2 aromatic heterocycles. The molecular weight excluding hydrogens is 348 g/mol. The van der Waals surface area contributed by atoms with Gasteiger partial charge in [0.05, 0.1) is 28.8 Å². The van der Waals surface area contributed by atoms with Gasteiger partial charge in [-0.3, -0.25) is 4.79 Å². The molecule has 0 atom stereocenters. The highest BCUT2D eigenvalue weighted by atomic mass is 32.1. The van der Waals surface area contributed by atoms with Gasteiger partial charge in [0.1, 0.15) is 11.5 Å². The van der Waals surface area contributed by atoms with Crippen LogP contribution in [0.5, 0.6) is 11.5 Å². The van der Waals surface area contributed by atoms with Crippen molar-refractivity contribution in [2.75, 3.05) is 13.2 Å². The molecule has 2 aromatic carbocycles. The van der Waals surface area contributed by atoms with Crippen LogP contribution < -0.4 is 19.6 Å². The molecule has 4 rings (SSSR count). The smallest absolute Gasteiger partial charge is 0.274 e. The van der Waals surface area contributed by atoms with E-state index in [-0.39, 0.29) is 5.56 Å². The van der Waals surface area contributed by atoms with Gasteiger partial charge in [0.25, 0.3) is 5.56 Å². The van der Waals surface area contributed by atoms with Crippen molar-refractivity contribution in [3.8, 4) is 11.5 Å². The molecule has 0 unspecified atom stereocenters. The Morgan fingerprint density at radius 3 is 2.73 bits per heavy atom. The van der Waals surface area contributed by atoms with Crippen molar-refractivity contribution in [1.29, 1.82) is 0 Å². The van der Waals surface area contributed by atoms with Crippen LogP contribution in [0.2, 0.25) is 0 Å². The predicted molar refractivity (Wildman–Crippen MR) is 104 cm³/mol. The number of benzene rings is 2. The lowest BCUT2D eigenvalue weighted by Gasteiger charge is -2.10. The van der Waals surface area contributed by atoms with Crippen molar-refractivity contribution >= 4 is 33.4 Å². The molecule has 4 aromatic rings. The highest BCUT2D eigenvalue weighted by molar-refractivity contribution is 7.15. The maximum absolute atomic E-state index is 12.9. The fourth-order valence-corrected chi connectivity index (χ4v) is 3.90. The van der Waals surface area contributed by atoms with Crippen LogP contribution in [-0.4, -0.2) is 22.6 Å². The summed E-state index contributed by atoms with van der Waals surface area (Å²) in [5.74, 6) is 1.45. The summed E-state index contributed by atoms with van der Waals surface area (Å²) in [6, 6.07) is 13.3. The third kappa shape index (κ3) is 2.82. The Balaban J connectivity index is 1.88. The van der Waals surface area contributed by atoms with Crippen LogP contribution in [0.4, 0.5) is 0 Å². The van der Waals surface area contributed by atoms with Crippen molar-refractivity contribution in [1.82, 2.24) is 9.38 Å². The van der Waals surface area contributed by atoms with Crippen LogP contribution in [0.15, 0.2) is 47.3 Å². The van der Waals surface area contributed by atoms with Gasteiger partial charge < -0.3 is 9.47 Å². The molecular formula is C20H18N2O3S. The zero-order chi connectivity index (χ0) is 18.1. The second kappa shape index (κ2) is 6.80. The molecule has 0 bridgehead atoms. The maximum atomic E-state index is 12.9. The van der Waals surface area contributed by atoms with E-state index in [1.54, 1.807) is 4.40 Å². The number of fused-ring (bicyclic) bond motifs is 3. The predicted octanol–water partition coefficient (Wildman–Crippen LogP) is 3.25. The summed E-state index contributed by atoms with van der Waals surface area (Å²) >= 11 is 1.38. The first kappa shape index (κ1) is 16.6. The molecule has 0 N–H and O–H groups in total. The number of nitrogens with zero attached hydrogens (tertiary/aromatic N) is 2. The van der Waals surface area contributed by atoms with Crippen LogP contribution in [0, 0.1) is 0 Å². The molecule has 0 saturated heterocycles. The number of rotatable bonds is 5. The number of para-hydroxylation sites is 2. The van der Waals surface area contributed by atoms with Gasteiger partial charge in [0.2, 0.25) is 0 Å². The minimum absolute atomic E-state index is 0.0602. The van der Waals surface area contributed by atoms with Crippen LogP contribution in [0.25, 0.3) is 22.1 Å². The second-order valence-corrected chi connectivity index (χ2v) is 6.71. The molecule has 5 nitrogen and oxygen atoms in total. The summed E-state index contributed by atoms with van der Waals surface area (Å²) in [5.41, 5.74) is 2.45. The lowest BCUT2D eigenvalue weighted by molar-refractivity contribution is 0.322. The van der Waals surface area contributed by atoms with Crippen LogP contribution in [-0.2, 0) is 0 Å². The summed E-state index contributed by atoms with van der Waals surface area (Å²) in [4.78, 5) is 18.1. The molecule has 0 radical (unpaired) electrons. The van der Waals surface area contributed by atoms with E-state index in [2.05, 4.69) is 4.98 Å². The molecule has 0 fully saturated rings. The van der Waals surface area contributed by atoms with E-state index in [0.29, 0.717) is 28.5 Å². The highest BCUT2D eigenvalue weighted by Gasteiger charge is 2.11. The average Bonchev–Trinajstić information content (AvgIpc) is 3.14. The van der Waals surface area contributed by atoms with Gasteiger partial charge in [-0.15, -0.1) is 0 Å². The lowest BCUT2D eigenvalue weighted by Crippen LogP contribution is -2.22. The minimum atomic E-state index is -0.0602. The maximum Gasteiger partial charge on any atom is 0.274 e. The molecule has 6 heteroatoms. The van der Waals surface area contributed by atoms with Crippen molar-refractivity contribution in [2.45, 2.75) is 13.8 Å². The van der Waals surface area contributed by atoms with E-state index in [0.717, 1.165) is 22.3 Å². The van der Waals surface area contributed by atoms with Crippen LogP contribution in [0.3, 0.4) is 0 Å². The standard InChI is InChI=1S/C20H18N2O3S/c1-3-24-14-10-9-13(17(12-14)25-4-2)11-18-19(23)22-16-8-6-5-7-15(16)21-20(22)26-18/h5-12H,3-4H2,1-2H3/b18-11-. The molecule has 0 spiro atoms. The van der Waals surface area contributed by atoms with Gasteiger partial charge in [-0.25, -0.2) is 9.38 Å². The monoisotopic (exact) mass is 366 g/mol. The Bertz CT molecular complexity index is 1190. The number of imidazole rings is 1. The van der Waals surface area contributed by atoms with E-state index in [1.165, 1.54) is 11.3 Å². The zero-order valence-corrected chi connectivity index (χ0v) is 15.4. The first-order valence-corrected chi connectivity index (χ1v) is 9.34. The van der Waals surface area contributed by atoms with E-state index in [4.69, 9.17) is 9.47 Å². The van der Waals surface area contributed by atoms with Crippen LogP contribution >= 0.6 is 11.3 Å². The minimum Gasteiger partial charge on any atom is -0.494 e. The van der Waals surface area contributed by atoms with Gasteiger partial charge in [-0.05, 0) is 44.2 Å². The van der Waals surface area contributed by atoms with Crippen molar-refractivity contribution in [2.24, 2.45) is 0 Å². The van der Waals surface area contributed by atoms with E-state index < -0.39 is 0 Å².